The second kappa shape index (κ2) is 8.55. The van der Waals surface area contributed by atoms with Crippen LogP contribution in [0.5, 0.6) is 0 Å². The Morgan fingerprint density at radius 3 is 2.64 bits per heavy atom. The number of H-pyrrole nitrogens is 1. The van der Waals surface area contributed by atoms with Crippen LogP contribution in [0, 0.1) is 0 Å². The summed E-state index contributed by atoms with van der Waals surface area (Å²) in [5, 5.41) is 3.39. The number of nitrogen functional groups attached to an aromatic ring is 1. The number of hydrogen-bond acceptors (Lipinski definition) is 6. The molecule has 8 nitrogen and oxygen atoms in total. The van der Waals surface area contributed by atoms with Crippen LogP contribution in [-0.4, -0.2) is 66.0 Å². The highest BCUT2D eigenvalue weighted by molar-refractivity contribution is 5.95. The number of nitrogens with two attached hydrogens (primary N) is 1. The van der Waals surface area contributed by atoms with Crippen molar-refractivity contribution in [3.63, 3.8) is 0 Å². The molecule has 1 fully saturated rings. The van der Waals surface area contributed by atoms with Gasteiger partial charge < -0.3 is 25.8 Å². The van der Waals surface area contributed by atoms with E-state index in [2.05, 4.69) is 26.3 Å². The largest absolute Gasteiger partial charge is 0.383 e. The minimum absolute atomic E-state index is 0.0433. The number of carbonyl (C=O) groups excluding carboxylic acids is 1. The molecule has 4 N–H and O–H groups in total. The fourth-order valence-electron chi connectivity index (χ4n) is 4.22. The molecule has 2 aromatic carbocycles. The molecule has 2 aromatic heterocycles. The highest BCUT2D eigenvalue weighted by atomic mass is 16.2. The molecule has 1 aliphatic heterocycles. The number of piperazine rings is 1. The molecule has 0 bridgehead atoms. The number of nitrogens with one attached hydrogen (secondary N) is 2. The number of amides is 1. The van der Waals surface area contributed by atoms with E-state index in [0.29, 0.717) is 17.2 Å². The zero-order valence-corrected chi connectivity index (χ0v) is 18.8. The van der Waals surface area contributed by atoms with Gasteiger partial charge in [0.15, 0.2) is 0 Å². The maximum atomic E-state index is 12.4. The molecule has 0 aliphatic carbocycles. The molecule has 1 aliphatic rings. The molecular formula is C25H27N7O. The van der Waals surface area contributed by atoms with Crippen LogP contribution in [0.2, 0.25) is 0 Å². The maximum Gasteiger partial charge on any atom is 0.253 e. The highest BCUT2D eigenvalue weighted by Crippen LogP contribution is 2.32. The van der Waals surface area contributed by atoms with E-state index in [1.165, 1.54) is 0 Å². The van der Waals surface area contributed by atoms with Crippen molar-refractivity contribution in [2.75, 3.05) is 50.9 Å². The third-order valence-corrected chi connectivity index (χ3v) is 5.97. The molecule has 1 saturated heterocycles. The van der Waals surface area contributed by atoms with E-state index in [0.717, 1.165) is 59.6 Å². The lowest BCUT2D eigenvalue weighted by atomic mass is 10.0. The molecule has 5 rings (SSSR count). The molecule has 33 heavy (non-hydrogen) atoms. The summed E-state index contributed by atoms with van der Waals surface area (Å²) in [7, 11) is 3.49. The van der Waals surface area contributed by atoms with Crippen molar-refractivity contribution in [1.29, 1.82) is 0 Å². The Bertz CT molecular complexity index is 1320. The molecule has 8 heteroatoms. The van der Waals surface area contributed by atoms with Gasteiger partial charge in [-0.1, -0.05) is 18.2 Å². The fraction of sp³-hybridized carbons (Fsp3) is 0.240. The molecule has 0 saturated carbocycles. The summed E-state index contributed by atoms with van der Waals surface area (Å²) in [5.41, 5.74) is 12.4. The van der Waals surface area contributed by atoms with E-state index in [9.17, 15) is 4.79 Å². The molecule has 4 aromatic rings. The number of anilines is 2. The number of imidazole rings is 1. The smallest absolute Gasteiger partial charge is 0.253 e. The summed E-state index contributed by atoms with van der Waals surface area (Å²) in [6, 6.07) is 15.7. The number of carbonyl (C=O) groups is 1. The summed E-state index contributed by atoms with van der Waals surface area (Å²) < 4.78 is 0. The van der Waals surface area contributed by atoms with Crippen molar-refractivity contribution in [3.8, 4) is 22.5 Å². The van der Waals surface area contributed by atoms with Gasteiger partial charge in [-0.05, 0) is 35.9 Å². The summed E-state index contributed by atoms with van der Waals surface area (Å²) in [6.45, 7) is 3.81. The molecule has 0 radical (unpaired) electrons. The second-order valence-electron chi connectivity index (χ2n) is 8.43. The SMILES string of the molecule is CN(C)C(=O)c1cccc(-c2cnc(N)c(-c3nc4c(N5CCNCC5)cccc4[nH]3)c2)c1. The molecule has 1 amide bonds. The van der Waals surface area contributed by atoms with Crippen molar-refractivity contribution in [3.05, 3.63) is 60.3 Å². The van der Waals surface area contributed by atoms with Crippen LogP contribution in [0.25, 0.3) is 33.5 Å². The third kappa shape index (κ3) is 4.01. The topological polar surface area (TPSA) is 103 Å². The zero-order valence-electron chi connectivity index (χ0n) is 18.8. The molecule has 0 atom stereocenters. The Kier molecular flexibility index (Phi) is 5.43. The van der Waals surface area contributed by atoms with Gasteiger partial charge in [-0.3, -0.25) is 4.79 Å². The first-order chi connectivity index (χ1) is 16.0. The second-order valence-corrected chi connectivity index (χ2v) is 8.43. The van der Waals surface area contributed by atoms with E-state index in [4.69, 9.17) is 10.7 Å². The van der Waals surface area contributed by atoms with E-state index in [-0.39, 0.29) is 5.91 Å². The zero-order chi connectivity index (χ0) is 22.9. The Labute approximate surface area is 192 Å². The number of rotatable bonds is 4. The van der Waals surface area contributed by atoms with Gasteiger partial charge in [0.25, 0.3) is 5.91 Å². The molecule has 0 unspecified atom stereocenters. The van der Waals surface area contributed by atoms with Gasteiger partial charge in [-0.25, -0.2) is 9.97 Å². The van der Waals surface area contributed by atoms with E-state index < -0.39 is 0 Å². The quantitative estimate of drug-likeness (QED) is 0.450. The van der Waals surface area contributed by atoms with E-state index in [1.54, 1.807) is 25.2 Å². The van der Waals surface area contributed by atoms with Crippen LogP contribution >= 0.6 is 0 Å². The van der Waals surface area contributed by atoms with Gasteiger partial charge in [-0.15, -0.1) is 0 Å². The number of aromatic amines is 1. The van der Waals surface area contributed by atoms with Gasteiger partial charge >= 0.3 is 0 Å². The molecule has 3 heterocycles. The van der Waals surface area contributed by atoms with Crippen LogP contribution in [0.15, 0.2) is 54.7 Å². The van der Waals surface area contributed by atoms with Crippen LogP contribution in [0.4, 0.5) is 11.5 Å². The number of pyridine rings is 1. The summed E-state index contributed by atoms with van der Waals surface area (Å²) in [6.07, 6.45) is 1.73. The Balaban J connectivity index is 1.55. The monoisotopic (exact) mass is 441 g/mol. The summed E-state index contributed by atoms with van der Waals surface area (Å²) >= 11 is 0. The summed E-state index contributed by atoms with van der Waals surface area (Å²) in [4.78, 5) is 29.1. The lowest BCUT2D eigenvalue weighted by molar-refractivity contribution is 0.0827. The molecule has 0 spiro atoms. The third-order valence-electron chi connectivity index (χ3n) is 5.97. The van der Waals surface area contributed by atoms with Crippen LogP contribution < -0.4 is 16.0 Å². The first-order valence-electron chi connectivity index (χ1n) is 11.0. The lowest BCUT2D eigenvalue weighted by Gasteiger charge is -2.29. The average molecular weight is 442 g/mol. The van der Waals surface area contributed by atoms with Crippen molar-refractivity contribution >= 4 is 28.4 Å². The van der Waals surface area contributed by atoms with Crippen LogP contribution in [0.1, 0.15) is 10.4 Å². The lowest BCUT2D eigenvalue weighted by Crippen LogP contribution is -2.43. The molecular weight excluding hydrogens is 414 g/mol. The number of benzene rings is 2. The number of fused-ring (bicyclic) bond motifs is 1. The van der Waals surface area contributed by atoms with Crippen molar-refractivity contribution in [2.45, 2.75) is 0 Å². The predicted octanol–water partition coefficient (Wildman–Crippen LogP) is 2.99. The highest BCUT2D eigenvalue weighted by Gasteiger charge is 2.18. The van der Waals surface area contributed by atoms with Gasteiger partial charge in [0.1, 0.15) is 17.2 Å². The van der Waals surface area contributed by atoms with Gasteiger partial charge in [-0.2, -0.15) is 0 Å². The first-order valence-corrected chi connectivity index (χ1v) is 11.0. The van der Waals surface area contributed by atoms with Crippen molar-refractivity contribution < 1.29 is 4.79 Å². The van der Waals surface area contributed by atoms with Gasteiger partial charge in [0.05, 0.1) is 16.8 Å². The van der Waals surface area contributed by atoms with Crippen LogP contribution in [0.3, 0.4) is 0 Å². The number of nitrogens with zero attached hydrogens (tertiary/aromatic N) is 4. The van der Waals surface area contributed by atoms with Gasteiger partial charge in [0, 0.05) is 57.6 Å². The van der Waals surface area contributed by atoms with Gasteiger partial charge in [0.2, 0.25) is 0 Å². The minimum atomic E-state index is -0.0433. The number of para-hydroxylation sites is 1. The predicted molar refractivity (Wildman–Crippen MR) is 132 cm³/mol. The summed E-state index contributed by atoms with van der Waals surface area (Å²) in [5.74, 6) is 1.04. The Hall–Kier alpha value is -3.91. The average Bonchev–Trinajstić information content (AvgIpc) is 3.28. The van der Waals surface area contributed by atoms with Crippen molar-refractivity contribution in [2.24, 2.45) is 0 Å². The van der Waals surface area contributed by atoms with Crippen LogP contribution in [-0.2, 0) is 0 Å². The Morgan fingerprint density at radius 1 is 1.06 bits per heavy atom. The number of aromatic nitrogens is 3. The normalized spacial score (nSPS) is 13.9. The minimum Gasteiger partial charge on any atom is -0.383 e. The van der Waals surface area contributed by atoms with Crippen molar-refractivity contribution in [1.82, 2.24) is 25.2 Å². The first kappa shape index (κ1) is 21.0. The maximum absolute atomic E-state index is 12.4. The fourth-order valence-corrected chi connectivity index (χ4v) is 4.22. The number of hydrogen-bond donors (Lipinski definition) is 3. The molecule has 168 valence electrons. The van der Waals surface area contributed by atoms with E-state index >= 15 is 0 Å². The van der Waals surface area contributed by atoms with E-state index in [1.807, 2.05) is 42.5 Å². The standard InChI is InChI=1S/C25H27N7O/c1-31(2)25(33)17-6-3-5-16(13-17)18-14-19(23(26)28-15-18)24-29-20-7-4-8-21(22(20)30-24)32-11-9-27-10-12-32/h3-8,13-15,27H,9-12H2,1-2H3,(H2,26,28)(H,29,30). The Morgan fingerprint density at radius 2 is 1.85 bits per heavy atom.